The van der Waals surface area contributed by atoms with E-state index in [-0.39, 0.29) is 16.8 Å². The molecule has 168 valence electrons. The summed E-state index contributed by atoms with van der Waals surface area (Å²) in [5.41, 5.74) is 4.63. The Balaban J connectivity index is 1.59. The van der Waals surface area contributed by atoms with Gasteiger partial charge in [-0.3, -0.25) is 4.79 Å². The van der Waals surface area contributed by atoms with Crippen molar-refractivity contribution in [2.75, 3.05) is 5.32 Å². The number of halogens is 1. The summed E-state index contributed by atoms with van der Waals surface area (Å²) in [5.74, 6) is -0.0754. The molecule has 0 aromatic heterocycles. The van der Waals surface area contributed by atoms with Crippen molar-refractivity contribution < 1.29 is 13.2 Å². The van der Waals surface area contributed by atoms with Gasteiger partial charge in [-0.2, -0.15) is 0 Å². The van der Waals surface area contributed by atoms with E-state index in [9.17, 15) is 13.2 Å². The monoisotopic (exact) mass is 514 g/mol. The smallest absolute Gasteiger partial charge is 0.241 e. The average molecular weight is 515 g/mol. The van der Waals surface area contributed by atoms with E-state index in [4.69, 9.17) is 0 Å². The largest absolute Gasteiger partial charge is 0.326 e. The second kappa shape index (κ2) is 10.4. The van der Waals surface area contributed by atoms with Crippen LogP contribution in [0.2, 0.25) is 0 Å². The fraction of sp³-hybridized carbons (Fsp3) is 0.240. The summed E-state index contributed by atoms with van der Waals surface area (Å²) in [5, 5.41) is 2.98. The molecule has 1 atom stereocenters. The van der Waals surface area contributed by atoms with Gasteiger partial charge in [-0.25, -0.2) is 13.1 Å². The van der Waals surface area contributed by atoms with Crippen LogP contribution in [0.15, 0.2) is 76.1 Å². The number of benzene rings is 3. The Labute approximate surface area is 198 Å². The van der Waals surface area contributed by atoms with Gasteiger partial charge in [0.05, 0.1) is 4.90 Å². The lowest BCUT2D eigenvalue weighted by Crippen LogP contribution is -2.26. The van der Waals surface area contributed by atoms with Gasteiger partial charge in [0.25, 0.3) is 0 Å². The van der Waals surface area contributed by atoms with E-state index in [0.717, 1.165) is 32.4 Å². The van der Waals surface area contributed by atoms with Gasteiger partial charge in [0.1, 0.15) is 0 Å². The molecule has 0 aliphatic heterocycles. The van der Waals surface area contributed by atoms with E-state index in [1.165, 1.54) is 0 Å². The second-order valence-corrected chi connectivity index (χ2v) is 10.5. The van der Waals surface area contributed by atoms with Crippen LogP contribution in [0.5, 0.6) is 0 Å². The van der Waals surface area contributed by atoms with Crippen molar-refractivity contribution in [3.63, 3.8) is 0 Å². The van der Waals surface area contributed by atoms with Crippen LogP contribution in [-0.4, -0.2) is 14.3 Å². The number of nitrogens with one attached hydrogen (secondary N) is 2. The number of amides is 1. The molecule has 2 N–H and O–H groups in total. The van der Waals surface area contributed by atoms with Crippen LogP contribution in [-0.2, 0) is 21.2 Å². The minimum absolute atomic E-state index is 0.0754. The molecule has 0 radical (unpaired) electrons. The highest BCUT2D eigenvalue weighted by atomic mass is 79.9. The fourth-order valence-electron chi connectivity index (χ4n) is 3.51. The van der Waals surface area contributed by atoms with E-state index in [1.54, 1.807) is 24.3 Å². The van der Waals surface area contributed by atoms with Crippen molar-refractivity contribution in [1.29, 1.82) is 0 Å². The molecule has 0 fully saturated rings. The molecule has 0 spiro atoms. The number of hydrogen-bond donors (Lipinski definition) is 2. The predicted octanol–water partition coefficient (Wildman–Crippen LogP) is 5.68. The van der Waals surface area contributed by atoms with Gasteiger partial charge in [0.2, 0.25) is 15.9 Å². The van der Waals surface area contributed by atoms with Gasteiger partial charge in [-0.15, -0.1) is 0 Å². The second-order valence-electron chi connectivity index (χ2n) is 7.86. The zero-order valence-electron chi connectivity index (χ0n) is 18.4. The average Bonchev–Trinajstić information content (AvgIpc) is 2.75. The molecule has 3 rings (SSSR count). The number of aryl methyl sites for hydroxylation is 3. The van der Waals surface area contributed by atoms with Crippen LogP contribution < -0.4 is 10.0 Å². The predicted molar refractivity (Wildman–Crippen MR) is 132 cm³/mol. The van der Waals surface area contributed by atoms with Gasteiger partial charge >= 0.3 is 0 Å². The first kappa shape index (κ1) is 24.2. The zero-order valence-corrected chi connectivity index (χ0v) is 20.8. The highest BCUT2D eigenvalue weighted by Crippen LogP contribution is 2.25. The third-order valence-electron chi connectivity index (χ3n) is 5.27. The van der Waals surface area contributed by atoms with Crippen molar-refractivity contribution in [2.24, 2.45) is 0 Å². The van der Waals surface area contributed by atoms with Crippen molar-refractivity contribution >= 4 is 37.5 Å². The maximum absolute atomic E-state index is 12.7. The van der Waals surface area contributed by atoms with Crippen molar-refractivity contribution in [3.8, 4) is 0 Å². The lowest BCUT2D eigenvalue weighted by Gasteiger charge is -2.15. The minimum Gasteiger partial charge on any atom is -0.326 e. The Morgan fingerprint density at radius 3 is 2.16 bits per heavy atom. The van der Waals surface area contributed by atoms with Gasteiger partial charge < -0.3 is 5.32 Å². The van der Waals surface area contributed by atoms with E-state index in [2.05, 4.69) is 26.0 Å². The Morgan fingerprint density at radius 1 is 0.969 bits per heavy atom. The van der Waals surface area contributed by atoms with Crippen molar-refractivity contribution in [2.45, 2.75) is 44.6 Å². The molecule has 0 aliphatic carbocycles. The molecule has 0 saturated heterocycles. The summed E-state index contributed by atoms with van der Waals surface area (Å²) < 4.78 is 29.1. The number of sulfonamides is 1. The van der Waals surface area contributed by atoms with Crippen molar-refractivity contribution in [1.82, 2.24) is 4.72 Å². The lowest BCUT2D eigenvalue weighted by atomic mass is 10.1. The third-order valence-corrected chi connectivity index (χ3v) is 7.28. The molecule has 0 aliphatic rings. The van der Waals surface area contributed by atoms with E-state index >= 15 is 0 Å². The van der Waals surface area contributed by atoms with Crippen LogP contribution >= 0.6 is 15.9 Å². The van der Waals surface area contributed by atoms with Crippen LogP contribution in [0.25, 0.3) is 0 Å². The summed E-state index contributed by atoms with van der Waals surface area (Å²) in [4.78, 5) is 12.6. The summed E-state index contributed by atoms with van der Waals surface area (Å²) in [6.07, 6.45) is 0.832. The maximum Gasteiger partial charge on any atom is 0.241 e. The molecule has 1 amide bonds. The van der Waals surface area contributed by atoms with Gasteiger partial charge in [-0.1, -0.05) is 58.4 Å². The Hall–Kier alpha value is -2.48. The molecular weight excluding hydrogens is 488 g/mol. The van der Waals surface area contributed by atoms with Gasteiger partial charge in [0, 0.05) is 22.6 Å². The molecule has 32 heavy (non-hydrogen) atoms. The molecule has 3 aromatic rings. The van der Waals surface area contributed by atoms with E-state index < -0.39 is 10.0 Å². The summed E-state index contributed by atoms with van der Waals surface area (Å²) in [6.45, 7) is 5.73. The Morgan fingerprint density at radius 2 is 1.56 bits per heavy atom. The first-order chi connectivity index (χ1) is 15.2. The Kier molecular flexibility index (Phi) is 7.87. The number of carbonyl (C=O) groups is 1. The van der Waals surface area contributed by atoms with Crippen LogP contribution in [0, 0.1) is 13.8 Å². The summed E-state index contributed by atoms with van der Waals surface area (Å²) >= 11 is 3.46. The van der Waals surface area contributed by atoms with Crippen LogP contribution in [0.1, 0.15) is 41.6 Å². The Bertz CT molecular complexity index is 1170. The molecule has 0 heterocycles. The third kappa shape index (κ3) is 6.28. The first-order valence-corrected chi connectivity index (χ1v) is 12.7. The lowest BCUT2D eigenvalue weighted by molar-refractivity contribution is -0.116. The van der Waals surface area contributed by atoms with Crippen LogP contribution in [0.4, 0.5) is 5.69 Å². The quantitative estimate of drug-likeness (QED) is 0.406. The first-order valence-electron chi connectivity index (χ1n) is 10.4. The highest BCUT2D eigenvalue weighted by molar-refractivity contribution is 9.10. The molecule has 0 saturated carbocycles. The van der Waals surface area contributed by atoms with Gasteiger partial charge in [0.15, 0.2) is 0 Å². The van der Waals surface area contributed by atoms with Gasteiger partial charge in [-0.05, 0) is 73.7 Å². The molecule has 1 unspecified atom stereocenters. The molecule has 0 bridgehead atoms. The highest BCUT2D eigenvalue weighted by Gasteiger charge is 2.18. The zero-order chi connectivity index (χ0) is 23.3. The fourth-order valence-corrected chi connectivity index (χ4v) is 5.43. The normalized spacial score (nSPS) is 12.4. The number of rotatable bonds is 8. The molecule has 5 nitrogen and oxygen atoms in total. The summed E-state index contributed by atoms with van der Waals surface area (Å²) in [6, 6.07) is 19.7. The SMILES string of the molecule is Cc1cc(Br)cc(C)c1NC(=O)CCc1ccc(S(=O)(=O)NC(C)c2ccccc2)cc1. The molecular formula is C25H27BrN2O3S. The summed E-state index contributed by atoms with van der Waals surface area (Å²) in [7, 11) is -3.64. The number of carbonyl (C=O) groups excluding carboxylic acids is 1. The number of hydrogen-bond acceptors (Lipinski definition) is 3. The topological polar surface area (TPSA) is 75.3 Å². The van der Waals surface area contributed by atoms with Crippen molar-refractivity contribution in [3.05, 3.63) is 93.5 Å². The molecule has 7 heteroatoms. The van der Waals surface area contributed by atoms with E-state index in [1.807, 2.05) is 63.2 Å². The maximum atomic E-state index is 12.7. The minimum atomic E-state index is -3.64. The van der Waals surface area contributed by atoms with E-state index in [0.29, 0.717) is 12.8 Å². The molecule has 3 aromatic carbocycles. The van der Waals surface area contributed by atoms with Crippen LogP contribution in [0.3, 0.4) is 0 Å². The standard InChI is InChI=1S/C25H27BrN2O3S/c1-17-15-22(26)16-18(2)25(17)27-24(29)14-11-20-9-12-23(13-10-20)32(30,31)28-19(3)21-7-5-4-6-8-21/h4-10,12-13,15-16,19,28H,11,14H2,1-3H3,(H,27,29). The number of anilines is 1.